The van der Waals surface area contributed by atoms with Crippen molar-refractivity contribution in [1.29, 1.82) is 0 Å². The van der Waals surface area contributed by atoms with Crippen molar-refractivity contribution in [3.8, 4) is 0 Å². The van der Waals surface area contributed by atoms with Gasteiger partial charge in [0, 0.05) is 33.7 Å². The lowest BCUT2D eigenvalue weighted by Crippen LogP contribution is -2.24. The first kappa shape index (κ1) is 15.6. The Hall–Kier alpha value is -0.780. The highest BCUT2D eigenvalue weighted by Gasteiger charge is 2.18. The molecule has 0 radical (unpaired) electrons. The van der Waals surface area contributed by atoms with E-state index in [1.165, 1.54) is 4.88 Å². The molecule has 0 saturated carbocycles. The Bertz CT molecular complexity index is 551. The SMILES string of the molecule is CCCNC(Cc1ccc(Br)cn1)c1sc(C)nc1C. The molecule has 1 atom stereocenters. The largest absolute Gasteiger partial charge is 0.309 e. The van der Waals surface area contributed by atoms with E-state index < -0.39 is 0 Å². The summed E-state index contributed by atoms with van der Waals surface area (Å²) in [6.45, 7) is 7.36. The second-order valence-electron chi connectivity index (χ2n) is 4.86. The van der Waals surface area contributed by atoms with Crippen molar-refractivity contribution in [2.24, 2.45) is 0 Å². The van der Waals surface area contributed by atoms with E-state index in [1.807, 2.05) is 12.3 Å². The third-order valence-electron chi connectivity index (χ3n) is 3.10. The molecule has 2 aromatic heterocycles. The van der Waals surface area contributed by atoms with Gasteiger partial charge < -0.3 is 5.32 Å². The topological polar surface area (TPSA) is 37.8 Å². The van der Waals surface area contributed by atoms with Crippen LogP contribution in [0.25, 0.3) is 0 Å². The van der Waals surface area contributed by atoms with E-state index >= 15 is 0 Å². The lowest BCUT2D eigenvalue weighted by molar-refractivity contribution is 0.529. The van der Waals surface area contributed by atoms with Crippen LogP contribution in [-0.4, -0.2) is 16.5 Å². The summed E-state index contributed by atoms with van der Waals surface area (Å²) in [5.41, 5.74) is 2.24. The fourth-order valence-corrected chi connectivity index (χ4v) is 3.42. The van der Waals surface area contributed by atoms with Crippen LogP contribution >= 0.6 is 27.3 Å². The number of pyridine rings is 1. The van der Waals surface area contributed by atoms with Gasteiger partial charge in [-0.25, -0.2) is 4.98 Å². The highest BCUT2D eigenvalue weighted by atomic mass is 79.9. The molecule has 3 nitrogen and oxygen atoms in total. The average molecular weight is 354 g/mol. The maximum absolute atomic E-state index is 4.55. The van der Waals surface area contributed by atoms with Crippen LogP contribution in [0.4, 0.5) is 0 Å². The summed E-state index contributed by atoms with van der Waals surface area (Å²) in [4.78, 5) is 10.4. The number of aryl methyl sites for hydroxylation is 2. The van der Waals surface area contributed by atoms with E-state index in [0.717, 1.165) is 40.3 Å². The Balaban J connectivity index is 2.19. The fraction of sp³-hybridized carbons (Fsp3) is 0.467. The molecule has 1 N–H and O–H groups in total. The van der Waals surface area contributed by atoms with E-state index in [0.29, 0.717) is 6.04 Å². The number of hydrogen-bond acceptors (Lipinski definition) is 4. The van der Waals surface area contributed by atoms with E-state index in [1.54, 1.807) is 11.3 Å². The van der Waals surface area contributed by atoms with Gasteiger partial charge in [0.05, 0.1) is 10.7 Å². The minimum atomic E-state index is 0.301. The summed E-state index contributed by atoms with van der Waals surface area (Å²) in [6, 6.07) is 4.42. The van der Waals surface area contributed by atoms with Crippen molar-refractivity contribution < 1.29 is 0 Å². The molecule has 20 heavy (non-hydrogen) atoms. The van der Waals surface area contributed by atoms with Gasteiger partial charge in [0.2, 0.25) is 0 Å². The van der Waals surface area contributed by atoms with E-state index in [4.69, 9.17) is 0 Å². The van der Waals surface area contributed by atoms with Gasteiger partial charge in [0.25, 0.3) is 0 Å². The predicted octanol–water partition coefficient (Wildman–Crippen LogP) is 4.20. The lowest BCUT2D eigenvalue weighted by Gasteiger charge is -2.17. The maximum Gasteiger partial charge on any atom is 0.0900 e. The van der Waals surface area contributed by atoms with Crippen LogP contribution in [0.2, 0.25) is 0 Å². The van der Waals surface area contributed by atoms with Crippen molar-refractivity contribution in [1.82, 2.24) is 15.3 Å². The van der Waals surface area contributed by atoms with Gasteiger partial charge in [0.15, 0.2) is 0 Å². The van der Waals surface area contributed by atoms with Gasteiger partial charge in [-0.15, -0.1) is 11.3 Å². The van der Waals surface area contributed by atoms with E-state index in [2.05, 4.69) is 58.1 Å². The molecule has 0 fully saturated rings. The molecule has 0 aliphatic rings. The molecule has 0 amide bonds. The fourth-order valence-electron chi connectivity index (χ4n) is 2.18. The summed E-state index contributed by atoms with van der Waals surface area (Å²) in [7, 11) is 0. The van der Waals surface area contributed by atoms with Gasteiger partial charge in [-0.3, -0.25) is 4.98 Å². The minimum absolute atomic E-state index is 0.301. The Labute approximate surface area is 133 Å². The summed E-state index contributed by atoms with van der Waals surface area (Å²) >= 11 is 5.21. The molecule has 0 saturated heterocycles. The Morgan fingerprint density at radius 3 is 2.70 bits per heavy atom. The second kappa shape index (κ2) is 7.29. The van der Waals surface area contributed by atoms with Crippen molar-refractivity contribution in [2.75, 3.05) is 6.54 Å². The summed E-state index contributed by atoms with van der Waals surface area (Å²) < 4.78 is 1.02. The number of thiazole rings is 1. The van der Waals surface area contributed by atoms with Crippen LogP contribution < -0.4 is 5.32 Å². The molecule has 0 spiro atoms. The molecule has 1 unspecified atom stereocenters. The number of rotatable bonds is 6. The number of hydrogen-bond donors (Lipinski definition) is 1. The van der Waals surface area contributed by atoms with Crippen molar-refractivity contribution in [2.45, 2.75) is 39.7 Å². The summed E-state index contributed by atoms with van der Waals surface area (Å²) in [6.07, 6.45) is 3.88. The first-order chi connectivity index (χ1) is 9.60. The smallest absolute Gasteiger partial charge is 0.0900 e. The highest BCUT2D eigenvalue weighted by molar-refractivity contribution is 9.10. The molecular weight excluding hydrogens is 334 g/mol. The molecule has 5 heteroatoms. The van der Waals surface area contributed by atoms with Crippen molar-refractivity contribution >= 4 is 27.3 Å². The molecule has 2 aromatic rings. The molecule has 2 heterocycles. The van der Waals surface area contributed by atoms with Gasteiger partial charge in [-0.05, 0) is 54.9 Å². The molecular formula is C15H20BrN3S. The van der Waals surface area contributed by atoms with Gasteiger partial charge in [-0.1, -0.05) is 6.92 Å². The average Bonchev–Trinajstić information content (AvgIpc) is 2.76. The predicted molar refractivity (Wildman–Crippen MR) is 88.3 cm³/mol. The summed E-state index contributed by atoms with van der Waals surface area (Å²) in [5, 5.41) is 4.75. The van der Waals surface area contributed by atoms with Gasteiger partial charge in [-0.2, -0.15) is 0 Å². The number of aromatic nitrogens is 2. The second-order valence-corrected chi connectivity index (χ2v) is 7.01. The van der Waals surface area contributed by atoms with Gasteiger partial charge >= 0.3 is 0 Å². The molecule has 0 bridgehead atoms. The van der Waals surface area contributed by atoms with Crippen LogP contribution in [0.3, 0.4) is 0 Å². The van der Waals surface area contributed by atoms with Gasteiger partial charge in [0.1, 0.15) is 0 Å². The molecule has 2 rings (SSSR count). The highest BCUT2D eigenvalue weighted by Crippen LogP contribution is 2.27. The first-order valence-electron chi connectivity index (χ1n) is 6.88. The standard InChI is InChI=1S/C15H20BrN3S/c1-4-7-17-14(15-10(2)19-11(3)20-15)8-13-6-5-12(16)9-18-13/h5-6,9,14,17H,4,7-8H2,1-3H3. The van der Waals surface area contributed by atoms with Crippen LogP contribution in [-0.2, 0) is 6.42 Å². The van der Waals surface area contributed by atoms with E-state index in [-0.39, 0.29) is 0 Å². The third-order valence-corrected chi connectivity index (χ3v) is 4.75. The normalized spacial score (nSPS) is 12.6. The Kier molecular flexibility index (Phi) is 5.69. The Morgan fingerprint density at radius 2 is 2.15 bits per heavy atom. The van der Waals surface area contributed by atoms with Crippen LogP contribution in [0.15, 0.2) is 22.8 Å². The monoisotopic (exact) mass is 353 g/mol. The van der Waals surface area contributed by atoms with E-state index in [9.17, 15) is 0 Å². The quantitative estimate of drug-likeness (QED) is 0.845. The number of nitrogens with zero attached hydrogens (tertiary/aromatic N) is 2. The summed E-state index contributed by atoms with van der Waals surface area (Å²) in [5.74, 6) is 0. The third kappa shape index (κ3) is 4.11. The molecule has 0 aromatic carbocycles. The number of nitrogens with one attached hydrogen (secondary N) is 1. The zero-order valence-electron chi connectivity index (χ0n) is 12.1. The van der Waals surface area contributed by atoms with Crippen LogP contribution in [0.1, 0.15) is 40.7 Å². The molecule has 0 aliphatic carbocycles. The van der Waals surface area contributed by atoms with Crippen molar-refractivity contribution in [3.05, 3.63) is 44.1 Å². The van der Waals surface area contributed by atoms with Crippen LogP contribution in [0, 0.1) is 13.8 Å². The lowest BCUT2D eigenvalue weighted by atomic mass is 10.1. The number of halogens is 1. The Morgan fingerprint density at radius 1 is 1.35 bits per heavy atom. The molecule has 0 aliphatic heterocycles. The van der Waals surface area contributed by atoms with Crippen molar-refractivity contribution in [3.63, 3.8) is 0 Å². The zero-order chi connectivity index (χ0) is 14.5. The first-order valence-corrected chi connectivity index (χ1v) is 8.48. The minimum Gasteiger partial charge on any atom is -0.309 e. The van der Waals surface area contributed by atoms with Crippen LogP contribution in [0.5, 0.6) is 0 Å². The molecule has 108 valence electrons. The zero-order valence-corrected chi connectivity index (χ0v) is 14.5. The maximum atomic E-state index is 4.55.